The smallest absolute Gasteiger partial charge is 0.258 e. The molecule has 0 aliphatic heterocycles. The zero-order chi connectivity index (χ0) is 11.0. The molecule has 0 aliphatic carbocycles. The van der Waals surface area contributed by atoms with Crippen LogP contribution in [0.15, 0.2) is 35.3 Å². The van der Waals surface area contributed by atoms with E-state index in [1.807, 2.05) is 51.2 Å². The molecular weight excluding hydrogens is 186 g/mol. The van der Waals surface area contributed by atoms with Crippen molar-refractivity contribution in [2.75, 3.05) is 0 Å². The molecule has 2 rings (SSSR count). The van der Waals surface area contributed by atoms with Gasteiger partial charge in [0.05, 0.1) is 0 Å². The zero-order valence-corrected chi connectivity index (χ0v) is 9.32. The molecule has 0 fully saturated rings. The molecule has 0 saturated carbocycles. The van der Waals surface area contributed by atoms with Crippen molar-refractivity contribution in [2.45, 2.75) is 26.8 Å². The number of nitrogens with zero attached hydrogens (tertiary/aromatic N) is 1. The lowest BCUT2D eigenvalue weighted by Crippen LogP contribution is -2.21. The lowest BCUT2D eigenvalue weighted by Gasteiger charge is -2.11. The fourth-order valence-corrected chi connectivity index (χ4v) is 1.86. The third kappa shape index (κ3) is 1.56. The summed E-state index contributed by atoms with van der Waals surface area (Å²) in [4.78, 5) is 12.1. The average Bonchev–Trinajstić information content (AvgIpc) is 2.19. The maximum absolute atomic E-state index is 12.1. The summed E-state index contributed by atoms with van der Waals surface area (Å²) in [5, 5.41) is 1.87. The first-order chi connectivity index (χ1) is 7.11. The van der Waals surface area contributed by atoms with E-state index in [9.17, 15) is 4.79 Å². The second-order valence-electron chi connectivity index (χ2n) is 4.16. The lowest BCUT2D eigenvalue weighted by molar-refractivity contribution is 0.582. The van der Waals surface area contributed by atoms with Gasteiger partial charge in [-0.3, -0.25) is 4.79 Å². The zero-order valence-electron chi connectivity index (χ0n) is 9.32. The Morgan fingerprint density at radius 2 is 1.87 bits per heavy atom. The molecule has 0 N–H and O–H groups in total. The Morgan fingerprint density at radius 3 is 2.53 bits per heavy atom. The first-order valence-electron chi connectivity index (χ1n) is 5.21. The van der Waals surface area contributed by atoms with E-state index in [0.29, 0.717) is 0 Å². The van der Waals surface area contributed by atoms with Crippen LogP contribution in [0.1, 0.15) is 25.5 Å². The SMILES string of the molecule is Cc1cccc2c(=O)n(C(C)C)ccc12. The van der Waals surface area contributed by atoms with Crippen LogP contribution in [0.3, 0.4) is 0 Å². The number of pyridine rings is 1. The number of hydrogen-bond donors (Lipinski definition) is 0. The van der Waals surface area contributed by atoms with E-state index in [-0.39, 0.29) is 11.6 Å². The standard InChI is InChI=1S/C13H15NO/c1-9(2)14-8-7-11-10(3)5-4-6-12(11)13(14)15/h4-9H,1-3H3. The molecule has 2 nitrogen and oxygen atoms in total. The molecule has 1 heterocycles. The minimum atomic E-state index is 0.103. The Labute approximate surface area is 89.2 Å². The number of hydrogen-bond acceptors (Lipinski definition) is 1. The van der Waals surface area contributed by atoms with E-state index in [2.05, 4.69) is 0 Å². The van der Waals surface area contributed by atoms with Crippen LogP contribution in [-0.4, -0.2) is 4.57 Å². The van der Waals surface area contributed by atoms with Crippen LogP contribution in [-0.2, 0) is 0 Å². The molecule has 0 saturated heterocycles. The Bertz CT molecular complexity index is 552. The van der Waals surface area contributed by atoms with Crippen LogP contribution in [0, 0.1) is 6.92 Å². The van der Waals surface area contributed by atoms with E-state index in [1.165, 1.54) is 0 Å². The molecule has 1 aromatic heterocycles. The summed E-state index contributed by atoms with van der Waals surface area (Å²) in [6.45, 7) is 6.06. The minimum absolute atomic E-state index is 0.103. The van der Waals surface area contributed by atoms with Gasteiger partial charge < -0.3 is 4.57 Å². The van der Waals surface area contributed by atoms with Crippen LogP contribution >= 0.6 is 0 Å². The van der Waals surface area contributed by atoms with Gasteiger partial charge in [-0.1, -0.05) is 12.1 Å². The van der Waals surface area contributed by atoms with Crippen LogP contribution in [0.4, 0.5) is 0 Å². The van der Waals surface area contributed by atoms with E-state index >= 15 is 0 Å². The molecule has 78 valence electrons. The molecular formula is C13H15NO. The summed E-state index contributed by atoms with van der Waals surface area (Å²) in [6.07, 6.45) is 1.88. The van der Waals surface area contributed by atoms with Crippen molar-refractivity contribution < 1.29 is 0 Å². The van der Waals surface area contributed by atoms with Gasteiger partial charge in [-0.2, -0.15) is 0 Å². The van der Waals surface area contributed by atoms with Gasteiger partial charge in [-0.05, 0) is 43.9 Å². The monoisotopic (exact) mass is 201 g/mol. The molecule has 15 heavy (non-hydrogen) atoms. The lowest BCUT2D eigenvalue weighted by atomic mass is 10.1. The van der Waals surface area contributed by atoms with Crippen molar-refractivity contribution in [1.29, 1.82) is 0 Å². The maximum atomic E-state index is 12.1. The van der Waals surface area contributed by atoms with Crippen LogP contribution < -0.4 is 5.56 Å². The molecule has 1 aromatic carbocycles. The third-order valence-electron chi connectivity index (χ3n) is 2.75. The fourth-order valence-electron chi connectivity index (χ4n) is 1.86. The summed E-state index contributed by atoms with van der Waals surface area (Å²) >= 11 is 0. The highest BCUT2D eigenvalue weighted by atomic mass is 16.1. The Kier molecular flexibility index (Phi) is 2.35. The van der Waals surface area contributed by atoms with Crippen molar-refractivity contribution >= 4 is 10.8 Å². The number of rotatable bonds is 1. The number of aromatic nitrogens is 1. The molecule has 2 heteroatoms. The summed E-state index contributed by atoms with van der Waals surface area (Å²) in [6, 6.07) is 8.09. The molecule has 0 aliphatic rings. The molecule has 0 unspecified atom stereocenters. The normalized spacial score (nSPS) is 11.2. The van der Waals surface area contributed by atoms with E-state index in [0.717, 1.165) is 16.3 Å². The van der Waals surface area contributed by atoms with E-state index in [4.69, 9.17) is 0 Å². The van der Waals surface area contributed by atoms with Crippen molar-refractivity contribution in [3.05, 3.63) is 46.4 Å². The highest BCUT2D eigenvalue weighted by Crippen LogP contribution is 2.15. The maximum Gasteiger partial charge on any atom is 0.258 e. The largest absolute Gasteiger partial charge is 0.312 e. The van der Waals surface area contributed by atoms with Gasteiger partial charge in [0, 0.05) is 17.6 Å². The van der Waals surface area contributed by atoms with Crippen LogP contribution in [0.25, 0.3) is 10.8 Å². The van der Waals surface area contributed by atoms with Gasteiger partial charge in [-0.15, -0.1) is 0 Å². The van der Waals surface area contributed by atoms with Crippen LogP contribution in [0.2, 0.25) is 0 Å². The van der Waals surface area contributed by atoms with Gasteiger partial charge in [0.1, 0.15) is 0 Å². The quantitative estimate of drug-likeness (QED) is 0.695. The summed E-state index contributed by atoms with van der Waals surface area (Å²) in [7, 11) is 0. The number of aryl methyl sites for hydroxylation is 1. The second-order valence-corrected chi connectivity index (χ2v) is 4.16. The van der Waals surface area contributed by atoms with Crippen molar-refractivity contribution in [1.82, 2.24) is 4.57 Å². The average molecular weight is 201 g/mol. The van der Waals surface area contributed by atoms with E-state index < -0.39 is 0 Å². The van der Waals surface area contributed by atoms with Crippen molar-refractivity contribution in [3.63, 3.8) is 0 Å². The number of fused-ring (bicyclic) bond motifs is 1. The predicted octanol–water partition coefficient (Wildman–Crippen LogP) is 2.89. The first-order valence-corrected chi connectivity index (χ1v) is 5.21. The molecule has 0 spiro atoms. The minimum Gasteiger partial charge on any atom is -0.312 e. The van der Waals surface area contributed by atoms with E-state index in [1.54, 1.807) is 4.57 Å². The highest BCUT2D eigenvalue weighted by Gasteiger charge is 2.05. The molecule has 0 atom stereocenters. The fraction of sp³-hybridized carbons (Fsp3) is 0.308. The summed E-state index contributed by atoms with van der Waals surface area (Å²) in [5.41, 5.74) is 1.26. The van der Waals surface area contributed by atoms with Gasteiger partial charge >= 0.3 is 0 Å². The van der Waals surface area contributed by atoms with Crippen molar-refractivity contribution in [2.24, 2.45) is 0 Å². The Hall–Kier alpha value is -1.57. The third-order valence-corrected chi connectivity index (χ3v) is 2.75. The predicted molar refractivity (Wildman–Crippen MR) is 63.3 cm³/mol. The molecule has 2 aromatic rings. The highest BCUT2D eigenvalue weighted by molar-refractivity contribution is 5.84. The van der Waals surface area contributed by atoms with Gasteiger partial charge in [-0.25, -0.2) is 0 Å². The van der Waals surface area contributed by atoms with Crippen molar-refractivity contribution in [3.8, 4) is 0 Å². The summed E-state index contributed by atoms with van der Waals surface area (Å²) < 4.78 is 1.77. The molecule has 0 bridgehead atoms. The van der Waals surface area contributed by atoms with Gasteiger partial charge in [0.25, 0.3) is 5.56 Å². The van der Waals surface area contributed by atoms with Gasteiger partial charge in [0.2, 0.25) is 0 Å². The molecule has 0 radical (unpaired) electrons. The Morgan fingerprint density at radius 1 is 1.13 bits per heavy atom. The number of benzene rings is 1. The van der Waals surface area contributed by atoms with Crippen LogP contribution in [0.5, 0.6) is 0 Å². The Balaban J connectivity index is 2.86. The molecule has 0 amide bonds. The first kappa shape index (κ1) is 9.97. The topological polar surface area (TPSA) is 22.0 Å². The second kappa shape index (κ2) is 3.54. The van der Waals surface area contributed by atoms with Gasteiger partial charge in [0.15, 0.2) is 0 Å². The summed E-state index contributed by atoms with van der Waals surface area (Å²) in [5.74, 6) is 0.